The van der Waals surface area contributed by atoms with E-state index < -0.39 is 53.1 Å². The topological polar surface area (TPSA) is 27.6 Å². The maximum absolute atomic E-state index is 13.3. The molecular weight excluding hydrogens is 637 g/mol. The van der Waals surface area contributed by atoms with Gasteiger partial charge in [-0.15, -0.1) is 0 Å². The van der Waals surface area contributed by atoms with E-state index in [0.717, 1.165) is 55.1 Å². The molecule has 3 N–H and O–H groups in total. The van der Waals surface area contributed by atoms with Gasteiger partial charge in [0.1, 0.15) is 6.15 Å². The summed E-state index contributed by atoms with van der Waals surface area (Å²) in [5, 5.41) is 0. The molecule has 0 aromatic heterocycles. The quantitative estimate of drug-likeness (QED) is 0.167. The molecule has 46 heavy (non-hydrogen) atoms. The van der Waals surface area contributed by atoms with Crippen molar-refractivity contribution in [2.45, 2.75) is 44.5 Å². The molecule has 4 aromatic rings. The van der Waals surface area contributed by atoms with Crippen LogP contribution in [0.5, 0.6) is 0 Å². The van der Waals surface area contributed by atoms with Crippen molar-refractivity contribution in [2.75, 3.05) is 6.54 Å². The van der Waals surface area contributed by atoms with Crippen LogP contribution in [0.15, 0.2) is 97.1 Å². The Kier molecular flexibility index (Phi) is 11.0. The van der Waals surface area contributed by atoms with Gasteiger partial charge < -0.3 is 5.73 Å². The lowest BCUT2D eigenvalue weighted by Crippen LogP contribution is -2.74. The molecule has 0 spiro atoms. The van der Waals surface area contributed by atoms with E-state index >= 15 is 0 Å². The first-order chi connectivity index (χ1) is 21.3. The largest absolute Gasteiger partial charge is 0.416 e. The molecule has 0 radical (unpaired) electrons. The van der Waals surface area contributed by atoms with Gasteiger partial charge >= 0.3 is 24.7 Å². The Hall–Kier alpha value is -3.94. The fourth-order valence-electron chi connectivity index (χ4n) is 5.25. The van der Waals surface area contributed by atoms with Gasteiger partial charge in [-0.2, -0.15) is 74.5 Å². The van der Waals surface area contributed by atoms with E-state index in [-0.39, 0.29) is 21.9 Å². The molecule has 0 bridgehead atoms. The van der Waals surface area contributed by atoms with Crippen LogP contribution in [0.1, 0.15) is 42.0 Å². The SMILES string of the molecule is CCCC[NH3+].FC(F)(F)c1ccc([B-](c2ccc(C(F)(F)F)cc2)(c2ccc(C(F)(F)F)cc2)c2ccc(C(F)(F)F)cc2)cc1. The summed E-state index contributed by atoms with van der Waals surface area (Å²) in [6, 6.07) is 13.6. The molecule has 0 unspecified atom stereocenters. The zero-order valence-electron chi connectivity index (χ0n) is 24.2. The molecule has 4 aromatic carbocycles. The lowest BCUT2D eigenvalue weighted by molar-refractivity contribution is -0.368. The Bertz CT molecular complexity index is 1300. The minimum Gasteiger partial charge on any atom is -0.358 e. The van der Waals surface area contributed by atoms with Gasteiger partial charge in [0, 0.05) is 0 Å². The molecule has 0 fully saturated rings. The third-order valence-corrected chi connectivity index (χ3v) is 7.56. The van der Waals surface area contributed by atoms with Crippen LogP contribution < -0.4 is 27.6 Å². The molecule has 4 rings (SSSR count). The van der Waals surface area contributed by atoms with Gasteiger partial charge in [-0.3, -0.25) is 0 Å². The second-order valence-corrected chi connectivity index (χ2v) is 10.6. The minimum atomic E-state index is -4.77. The van der Waals surface area contributed by atoms with E-state index in [9.17, 15) is 52.7 Å². The smallest absolute Gasteiger partial charge is 0.358 e. The van der Waals surface area contributed by atoms with Gasteiger partial charge in [0.15, 0.2) is 0 Å². The molecule has 0 atom stereocenters. The first-order valence-corrected chi connectivity index (χ1v) is 13.9. The first kappa shape index (κ1) is 36.5. The van der Waals surface area contributed by atoms with E-state index in [1.165, 1.54) is 12.8 Å². The van der Waals surface area contributed by atoms with Crippen LogP contribution in [0.2, 0.25) is 0 Å². The number of benzene rings is 4. The standard InChI is InChI=1S/C28H16BF12.C4H11N/c30-25(31,32)17-1-9-21(10-2-17)29(22-11-3-18(4-12-22)26(33,34)35,23-13-5-19(6-14-23)27(36,37)38)24-15-7-20(8-16-24)28(39,40)41;1-2-3-4-5/h1-16H;2-5H2,1H3/q-1;/p+1. The van der Waals surface area contributed by atoms with Crippen LogP contribution in [0.3, 0.4) is 0 Å². The summed E-state index contributed by atoms with van der Waals surface area (Å²) in [7, 11) is 0. The number of rotatable bonds is 6. The highest BCUT2D eigenvalue weighted by molar-refractivity contribution is 7.19. The zero-order valence-corrected chi connectivity index (χ0v) is 24.2. The summed E-state index contributed by atoms with van der Waals surface area (Å²) in [5.41, 5.74) is -0.619. The molecule has 0 aliphatic heterocycles. The van der Waals surface area contributed by atoms with E-state index in [1.54, 1.807) is 0 Å². The number of unbranched alkanes of at least 4 members (excludes halogenated alkanes) is 1. The summed E-state index contributed by atoms with van der Waals surface area (Å²) in [4.78, 5) is 0. The fraction of sp³-hybridized carbons (Fsp3) is 0.250. The Morgan fingerprint density at radius 1 is 0.413 bits per heavy atom. The van der Waals surface area contributed by atoms with Gasteiger partial charge in [0.05, 0.1) is 28.8 Å². The van der Waals surface area contributed by atoms with Gasteiger partial charge in [-0.1, -0.05) is 110 Å². The van der Waals surface area contributed by atoms with Crippen LogP contribution in [0.4, 0.5) is 52.7 Å². The molecule has 248 valence electrons. The fourth-order valence-corrected chi connectivity index (χ4v) is 5.25. The maximum Gasteiger partial charge on any atom is 0.416 e. The van der Waals surface area contributed by atoms with Crippen molar-refractivity contribution in [3.63, 3.8) is 0 Å². The summed E-state index contributed by atoms with van der Waals surface area (Å²) < 4.78 is 160. The lowest BCUT2D eigenvalue weighted by Gasteiger charge is -2.44. The molecule has 0 amide bonds. The minimum absolute atomic E-state index is 0.0114. The first-order valence-electron chi connectivity index (χ1n) is 13.9. The number of hydrogen-bond donors (Lipinski definition) is 1. The van der Waals surface area contributed by atoms with E-state index in [4.69, 9.17) is 0 Å². The second-order valence-electron chi connectivity index (χ2n) is 10.6. The lowest BCUT2D eigenvalue weighted by atomic mass is 9.13. The van der Waals surface area contributed by atoms with E-state index in [0.29, 0.717) is 48.5 Å². The zero-order chi connectivity index (χ0) is 34.6. The highest BCUT2D eigenvalue weighted by Gasteiger charge is 2.38. The number of hydrogen-bond acceptors (Lipinski definition) is 0. The highest BCUT2D eigenvalue weighted by atomic mass is 19.4. The molecular formula is C32H28BF12N. The molecule has 14 heteroatoms. The molecule has 0 saturated carbocycles. The van der Waals surface area contributed by atoms with E-state index in [1.807, 2.05) is 0 Å². The van der Waals surface area contributed by atoms with Crippen LogP contribution in [-0.2, 0) is 24.7 Å². The second kappa shape index (κ2) is 13.8. The van der Waals surface area contributed by atoms with Crippen molar-refractivity contribution in [3.05, 3.63) is 119 Å². The predicted octanol–water partition coefficient (Wildman–Crippen LogP) is 7.17. The summed E-state index contributed by atoms with van der Waals surface area (Å²) in [5.74, 6) is 0. The van der Waals surface area contributed by atoms with Crippen molar-refractivity contribution in [1.82, 2.24) is 0 Å². The Morgan fingerprint density at radius 3 is 0.717 bits per heavy atom. The summed E-state index contributed by atoms with van der Waals surface area (Å²) in [6.45, 7) is 3.27. The Labute approximate surface area is 257 Å². The average Bonchev–Trinajstić information content (AvgIpc) is 2.98. The Balaban J connectivity index is 0.00000107. The molecule has 1 nitrogen and oxygen atoms in total. The summed E-state index contributed by atoms with van der Waals surface area (Å²) >= 11 is 0. The van der Waals surface area contributed by atoms with Crippen LogP contribution in [0, 0.1) is 0 Å². The monoisotopic (exact) mass is 665 g/mol. The van der Waals surface area contributed by atoms with Gasteiger partial charge in [0.2, 0.25) is 0 Å². The van der Waals surface area contributed by atoms with Crippen LogP contribution in [0.25, 0.3) is 0 Å². The predicted molar refractivity (Wildman–Crippen MR) is 153 cm³/mol. The van der Waals surface area contributed by atoms with Gasteiger partial charge in [-0.05, 0) is 6.42 Å². The van der Waals surface area contributed by atoms with Gasteiger partial charge in [0.25, 0.3) is 0 Å². The average molecular weight is 665 g/mol. The highest BCUT2D eigenvalue weighted by Crippen LogP contribution is 2.32. The maximum atomic E-state index is 13.3. The molecule has 0 heterocycles. The van der Waals surface area contributed by atoms with Gasteiger partial charge in [-0.25, -0.2) is 0 Å². The number of halogens is 12. The number of alkyl halides is 12. The van der Waals surface area contributed by atoms with Crippen LogP contribution >= 0.6 is 0 Å². The van der Waals surface area contributed by atoms with Crippen molar-refractivity contribution in [1.29, 1.82) is 0 Å². The molecule has 0 saturated heterocycles. The van der Waals surface area contributed by atoms with E-state index in [2.05, 4.69) is 12.7 Å². The van der Waals surface area contributed by atoms with Crippen molar-refractivity contribution < 1.29 is 58.4 Å². The Morgan fingerprint density at radius 2 is 0.609 bits per heavy atom. The number of quaternary nitrogens is 1. The third-order valence-electron chi connectivity index (χ3n) is 7.56. The van der Waals surface area contributed by atoms with Crippen molar-refractivity contribution in [3.8, 4) is 0 Å². The third kappa shape index (κ3) is 8.25. The normalized spacial score (nSPS) is 12.8. The van der Waals surface area contributed by atoms with Crippen molar-refractivity contribution in [2.24, 2.45) is 0 Å². The summed E-state index contributed by atoms with van der Waals surface area (Å²) in [6.07, 6.45) is -19.4. The van der Waals surface area contributed by atoms with Crippen molar-refractivity contribution >= 4 is 28.0 Å². The molecule has 0 aliphatic carbocycles. The van der Waals surface area contributed by atoms with Crippen LogP contribution in [-0.4, -0.2) is 12.7 Å². The molecule has 0 aliphatic rings.